The monoisotopic (exact) mass is 295 g/mol. The van der Waals surface area contributed by atoms with Crippen molar-refractivity contribution < 1.29 is 24.1 Å². The number of esters is 1. The summed E-state index contributed by atoms with van der Waals surface area (Å²) in [6, 6.07) is 5.52. The Kier molecular flexibility index (Phi) is 5.68. The van der Waals surface area contributed by atoms with Crippen molar-refractivity contribution in [2.24, 2.45) is 0 Å². The Labute approximate surface area is 124 Å². The number of ether oxygens (including phenoxy) is 3. The summed E-state index contributed by atoms with van der Waals surface area (Å²) in [6.45, 7) is 3.60. The SMILES string of the molecule is CCOC(=O)CC(O)CNc1ccc2c(c1)OCCCO2. The molecule has 1 unspecified atom stereocenters. The molecule has 21 heavy (non-hydrogen) atoms. The standard InChI is InChI=1S/C15H21NO5/c1-2-19-15(18)9-12(17)10-16-11-4-5-13-14(8-11)21-7-3-6-20-13/h4-5,8,12,16-17H,2-3,6-7,9-10H2,1H3. The molecule has 0 radical (unpaired) electrons. The minimum Gasteiger partial charge on any atom is -0.490 e. The second-order valence-corrected chi connectivity index (χ2v) is 4.76. The first kappa shape index (κ1) is 15.4. The molecule has 0 saturated heterocycles. The van der Waals surface area contributed by atoms with Gasteiger partial charge < -0.3 is 24.6 Å². The van der Waals surface area contributed by atoms with Gasteiger partial charge in [-0.3, -0.25) is 4.79 Å². The number of hydrogen-bond acceptors (Lipinski definition) is 6. The number of rotatable bonds is 6. The van der Waals surface area contributed by atoms with Crippen LogP contribution in [0.15, 0.2) is 18.2 Å². The molecule has 1 aliphatic rings. The second kappa shape index (κ2) is 7.73. The number of aliphatic hydroxyl groups is 1. The number of fused-ring (bicyclic) bond motifs is 1. The zero-order valence-electron chi connectivity index (χ0n) is 12.1. The van der Waals surface area contributed by atoms with Gasteiger partial charge in [0.2, 0.25) is 0 Å². The fraction of sp³-hybridized carbons (Fsp3) is 0.533. The third-order valence-electron chi connectivity index (χ3n) is 3.00. The first-order chi connectivity index (χ1) is 10.2. The van der Waals surface area contributed by atoms with Crippen LogP contribution >= 0.6 is 0 Å². The van der Waals surface area contributed by atoms with Crippen molar-refractivity contribution in [3.8, 4) is 11.5 Å². The molecule has 0 bridgehead atoms. The maximum Gasteiger partial charge on any atom is 0.308 e. The van der Waals surface area contributed by atoms with Gasteiger partial charge in [-0.2, -0.15) is 0 Å². The highest BCUT2D eigenvalue weighted by Crippen LogP contribution is 2.32. The van der Waals surface area contributed by atoms with Crippen LogP contribution < -0.4 is 14.8 Å². The maximum atomic E-state index is 11.2. The highest BCUT2D eigenvalue weighted by atomic mass is 16.5. The van der Waals surface area contributed by atoms with Crippen molar-refractivity contribution in [3.05, 3.63) is 18.2 Å². The molecule has 2 N–H and O–H groups in total. The van der Waals surface area contributed by atoms with Crippen LogP contribution in [0.2, 0.25) is 0 Å². The number of anilines is 1. The summed E-state index contributed by atoms with van der Waals surface area (Å²) in [7, 11) is 0. The van der Waals surface area contributed by atoms with Crippen molar-refractivity contribution in [2.45, 2.75) is 25.9 Å². The van der Waals surface area contributed by atoms with Gasteiger partial charge >= 0.3 is 5.97 Å². The Balaban J connectivity index is 1.85. The van der Waals surface area contributed by atoms with E-state index < -0.39 is 12.1 Å². The van der Waals surface area contributed by atoms with E-state index in [1.54, 1.807) is 6.92 Å². The molecule has 0 amide bonds. The van der Waals surface area contributed by atoms with Gasteiger partial charge in [0.1, 0.15) is 0 Å². The molecule has 1 atom stereocenters. The van der Waals surface area contributed by atoms with Crippen LogP contribution in [0.3, 0.4) is 0 Å². The average molecular weight is 295 g/mol. The average Bonchev–Trinajstić information content (AvgIpc) is 2.70. The Morgan fingerprint density at radius 2 is 2.14 bits per heavy atom. The molecule has 6 heteroatoms. The summed E-state index contributed by atoms with van der Waals surface area (Å²) in [6.07, 6.45) is 0.0428. The van der Waals surface area contributed by atoms with E-state index in [4.69, 9.17) is 14.2 Å². The van der Waals surface area contributed by atoms with E-state index in [-0.39, 0.29) is 13.0 Å². The third kappa shape index (κ3) is 4.82. The van der Waals surface area contributed by atoms with Crippen LogP contribution in [-0.2, 0) is 9.53 Å². The van der Waals surface area contributed by atoms with Gasteiger partial charge in [0.05, 0.1) is 32.3 Å². The van der Waals surface area contributed by atoms with Crippen molar-refractivity contribution in [1.29, 1.82) is 0 Å². The first-order valence-corrected chi connectivity index (χ1v) is 7.16. The molecule has 0 aliphatic carbocycles. The lowest BCUT2D eigenvalue weighted by atomic mass is 10.2. The highest BCUT2D eigenvalue weighted by molar-refractivity contribution is 5.70. The molecule has 6 nitrogen and oxygen atoms in total. The fourth-order valence-corrected chi connectivity index (χ4v) is 1.99. The molecule has 0 aromatic heterocycles. The predicted molar refractivity (Wildman–Crippen MR) is 77.8 cm³/mol. The quantitative estimate of drug-likeness (QED) is 0.776. The van der Waals surface area contributed by atoms with Gasteiger partial charge in [-0.25, -0.2) is 0 Å². The number of nitrogens with one attached hydrogen (secondary N) is 1. The van der Waals surface area contributed by atoms with E-state index in [2.05, 4.69) is 5.32 Å². The first-order valence-electron chi connectivity index (χ1n) is 7.16. The zero-order chi connectivity index (χ0) is 15.1. The zero-order valence-corrected chi connectivity index (χ0v) is 12.1. The summed E-state index contributed by atoms with van der Waals surface area (Å²) in [5.74, 6) is 1.02. The lowest BCUT2D eigenvalue weighted by molar-refractivity contribution is -0.145. The molecule has 2 rings (SSSR count). The molecule has 0 fully saturated rings. The lowest BCUT2D eigenvalue weighted by Crippen LogP contribution is -2.23. The maximum absolute atomic E-state index is 11.2. The summed E-state index contributed by atoms with van der Waals surface area (Å²) in [4.78, 5) is 11.2. The molecule has 1 aromatic carbocycles. The molecule has 116 valence electrons. The second-order valence-electron chi connectivity index (χ2n) is 4.76. The van der Waals surface area contributed by atoms with Gasteiger partial charge in [-0.05, 0) is 19.1 Å². The number of hydrogen-bond donors (Lipinski definition) is 2. The van der Waals surface area contributed by atoms with Gasteiger partial charge in [-0.15, -0.1) is 0 Å². The van der Waals surface area contributed by atoms with Crippen molar-refractivity contribution in [3.63, 3.8) is 0 Å². The molecule has 0 saturated carbocycles. The summed E-state index contributed by atoms with van der Waals surface area (Å²) >= 11 is 0. The minimum absolute atomic E-state index is 0.0224. The number of benzene rings is 1. The molecular formula is C15H21NO5. The Morgan fingerprint density at radius 3 is 2.90 bits per heavy atom. The smallest absolute Gasteiger partial charge is 0.308 e. The van der Waals surface area contributed by atoms with E-state index in [0.29, 0.717) is 25.6 Å². The van der Waals surface area contributed by atoms with Crippen LogP contribution in [0.1, 0.15) is 19.8 Å². The number of carbonyl (C=O) groups excluding carboxylic acids is 1. The summed E-state index contributed by atoms with van der Waals surface area (Å²) < 4.78 is 15.9. The van der Waals surface area contributed by atoms with Gasteiger partial charge in [-0.1, -0.05) is 0 Å². The number of carbonyl (C=O) groups is 1. The molecule has 1 heterocycles. The van der Waals surface area contributed by atoms with Crippen molar-refractivity contribution >= 4 is 11.7 Å². The fourth-order valence-electron chi connectivity index (χ4n) is 1.99. The largest absolute Gasteiger partial charge is 0.490 e. The van der Waals surface area contributed by atoms with Gasteiger partial charge in [0.25, 0.3) is 0 Å². The predicted octanol–water partition coefficient (Wildman–Crippen LogP) is 1.57. The van der Waals surface area contributed by atoms with E-state index in [1.807, 2.05) is 18.2 Å². The molecular weight excluding hydrogens is 274 g/mol. The molecule has 1 aliphatic heterocycles. The minimum atomic E-state index is -0.792. The van der Waals surface area contributed by atoms with Crippen LogP contribution in [0.5, 0.6) is 11.5 Å². The molecule has 0 spiro atoms. The van der Waals surface area contributed by atoms with E-state index in [1.165, 1.54) is 0 Å². The van der Waals surface area contributed by atoms with Gasteiger partial charge in [0, 0.05) is 24.7 Å². The Morgan fingerprint density at radius 1 is 1.38 bits per heavy atom. The Hall–Kier alpha value is -1.95. The van der Waals surface area contributed by atoms with Crippen LogP contribution in [0, 0.1) is 0 Å². The van der Waals surface area contributed by atoms with E-state index >= 15 is 0 Å². The van der Waals surface area contributed by atoms with Crippen molar-refractivity contribution in [1.82, 2.24) is 0 Å². The van der Waals surface area contributed by atoms with E-state index in [0.717, 1.165) is 17.9 Å². The number of aliphatic hydroxyl groups excluding tert-OH is 1. The lowest BCUT2D eigenvalue weighted by Gasteiger charge is -2.14. The highest BCUT2D eigenvalue weighted by Gasteiger charge is 2.13. The normalized spacial score (nSPS) is 15.0. The van der Waals surface area contributed by atoms with Crippen LogP contribution in [0.4, 0.5) is 5.69 Å². The third-order valence-corrected chi connectivity index (χ3v) is 3.00. The van der Waals surface area contributed by atoms with Crippen LogP contribution in [0.25, 0.3) is 0 Å². The molecule has 1 aromatic rings. The van der Waals surface area contributed by atoms with Gasteiger partial charge in [0.15, 0.2) is 11.5 Å². The summed E-state index contributed by atoms with van der Waals surface area (Å²) in [5, 5.41) is 12.8. The van der Waals surface area contributed by atoms with Crippen molar-refractivity contribution in [2.75, 3.05) is 31.7 Å². The van der Waals surface area contributed by atoms with Crippen LogP contribution in [-0.4, -0.2) is 43.5 Å². The van der Waals surface area contributed by atoms with E-state index in [9.17, 15) is 9.90 Å². The Bertz CT molecular complexity index is 477. The topological polar surface area (TPSA) is 77.0 Å². The summed E-state index contributed by atoms with van der Waals surface area (Å²) in [5.41, 5.74) is 0.808.